The van der Waals surface area contributed by atoms with E-state index in [0.717, 1.165) is 29.6 Å². The lowest BCUT2D eigenvalue weighted by Gasteiger charge is -2.25. The van der Waals surface area contributed by atoms with Crippen molar-refractivity contribution in [2.75, 3.05) is 25.4 Å². The largest absolute Gasteiger partial charge is 0.440 e. The average molecular weight is 474 g/mol. The molecule has 3 heterocycles. The van der Waals surface area contributed by atoms with Crippen molar-refractivity contribution in [2.24, 2.45) is 0 Å². The Kier molecular flexibility index (Phi) is 5.26. The maximum absolute atomic E-state index is 5.37. The van der Waals surface area contributed by atoms with Crippen LogP contribution in [0.2, 0.25) is 0 Å². The number of aromatic amines is 1. The molecule has 1 atom stereocenters. The van der Waals surface area contributed by atoms with Crippen molar-refractivity contribution >= 4 is 27.7 Å². The maximum atomic E-state index is 5.37. The molecule has 29 heavy (non-hydrogen) atoms. The number of nitrogens with one attached hydrogen (secondary N) is 1. The predicted molar refractivity (Wildman–Crippen MR) is 117 cm³/mol. The van der Waals surface area contributed by atoms with Crippen LogP contribution < -0.4 is 0 Å². The number of halogens is 1. The predicted octanol–water partition coefficient (Wildman–Crippen LogP) is 4.60. The van der Waals surface area contributed by atoms with Crippen molar-refractivity contribution in [2.45, 2.75) is 43.2 Å². The molecule has 8 heteroatoms. The smallest absolute Gasteiger partial charge is 0.199 e. The third-order valence-corrected chi connectivity index (χ3v) is 7.67. The van der Waals surface area contributed by atoms with Crippen LogP contribution >= 0.6 is 27.7 Å². The number of nitrogens with zero attached hydrogens (tertiary/aromatic N) is 4. The average Bonchev–Trinajstić information content (AvgIpc) is 3.48. The monoisotopic (exact) mass is 473 g/mol. The van der Waals surface area contributed by atoms with Crippen LogP contribution in [-0.2, 0) is 11.8 Å². The number of H-pyrrole nitrogens is 1. The summed E-state index contributed by atoms with van der Waals surface area (Å²) in [5, 5.41) is 9.24. The molecule has 2 aromatic heterocycles. The Bertz CT molecular complexity index is 1020. The molecule has 1 fully saturated rings. The molecule has 2 aliphatic rings. The fourth-order valence-corrected chi connectivity index (χ4v) is 5.91. The highest BCUT2D eigenvalue weighted by atomic mass is 79.9. The summed E-state index contributed by atoms with van der Waals surface area (Å²) in [7, 11) is 0. The summed E-state index contributed by atoms with van der Waals surface area (Å²) in [5.41, 5.74) is 4.34. The molecular formula is C21H24BrN5OS. The molecular weight excluding hydrogens is 450 g/mol. The van der Waals surface area contributed by atoms with Gasteiger partial charge in [-0.3, -0.25) is 0 Å². The van der Waals surface area contributed by atoms with Crippen molar-refractivity contribution in [1.82, 2.24) is 25.1 Å². The lowest BCUT2D eigenvalue weighted by atomic mass is 9.81. The van der Waals surface area contributed by atoms with E-state index >= 15 is 0 Å². The number of hydrogen-bond acceptors (Lipinski definition) is 6. The van der Waals surface area contributed by atoms with Gasteiger partial charge in [0.25, 0.3) is 0 Å². The highest BCUT2D eigenvalue weighted by Crippen LogP contribution is 2.46. The molecule has 0 amide bonds. The minimum atomic E-state index is 0.387. The molecule has 1 N–H and O–H groups in total. The van der Waals surface area contributed by atoms with E-state index in [1.165, 1.54) is 43.2 Å². The minimum absolute atomic E-state index is 0.387. The van der Waals surface area contributed by atoms with Crippen LogP contribution in [0.5, 0.6) is 0 Å². The Balaban J connectivity index is 1.12. The van der Waals surface area contributed by atoms with E-state index in [2.05, 4.69) is 59.2 Å². The molecule has 0 saturated carbocycles. The number of benzene rings is 1. The molecule has 152 valence electrons. The minimum Gasteiger partial charge on any atom is -0.440 e. The van der Waals surface area contributed by atoms with E-state index in [4.69, 9.17) is 4.42 Å². The van der Waals surface area contributed by atoms with Crippen molar-refractivity contribution in [3.05, 3.63) is 45.9 Å². The van der Waals surface area contributed by atoms with Gasteiger partial charge in [-0.05, 0) is 69.0 Å². The van der Waals surface area contributed by atoms with Gasteiger partial charge >= 0.3 is 0 Å². The van der Waals surface area contributed by atoms with Crippen LogP contribution in [-0.4, -0.2) is 50.5 Å². The Morgan fingerprint density at radius 3 is 3.10 bits per heavy atom. The zero-order chi connectivity index (χ0) is 19.8. The normalized spacial score (nSPS) is 21.3. The van der Waals surface area contributed by atoms with Gasteiger partial charge in [0.15, 0.2) is 23.1 Å². The summed E-state index contributed by atoms with van der Waals surface area (Å²) in [5.74, 6) is 2.34. The molecule has 1 unspecified atom stereocenters. The summed E-state index contributed by atoms with van der Waals surface area (Å²) in [4.78, 5) is 9.97. The molecule has 1 saturated heterocycles. The van der Waals surface area contributed by atoms with Crippen LogP contribution in [0.15, 0.2) is 38.6 Å². The Morgan fingerprint density at radius 1 is 1.31 bits per heavy atom. The number of fused-ring (bicyclic) bond motifs is 2. The lowest BCUT2D eigenvalue weighted by molar-refractivity contribution is 0.310. The highest BCUT2D eigenvalue weighted by Gasteiger charge is 2.43. The molecule has 1 aliphatic heterocycles. The molecule has 1 aliphatic carbocycles. The third-order valence-electron chi connectivity index (χ3n) is 6.23. The third kappa shape index (κ3) is 3.78. The van der Waals surface area contributed by atoms with Gasteiger partial charge in [0.1, 0.15) is 0 Å². The van der Waals surface area contributed by atoms with E-state index < -0.39 is 0 Å². The Hall–Kier alpha value is -1.64. The first kappa shape index (κ1) is 19.3. The zero-order valence-corrected chi connectivity index (χ0v) is 18.9. The molecule has 5 rings (SSSR count). The van der Waals surface area contributed by atoms with E-state index in [1.54, 1.807) is 22.9 Å². The van der Waals surface area contributed by atoms with Crippen LogP contribution in [0.4, 0.5) is 0 Å². The van der Waals surface area contributed by atoms with Gasteiger partial charge in [0.2, 0.25) is 0 Å². The van der Waals surface area contributed by atoms with Gasteiger partial charge in [0, 0.05) is 22.2 Å². The number of aryl methyl sites for hydroxylation is 2. The number of thioether (sulfide) groups is 1. The van der Waals surface area contributed by atoms with Crippen LogP contribution in [0, 0.1) is 6.92 Å². The highest BCUT2D eigenvalue weighted by molar-refractivity contribution is 9.10. The maximum Gasteiger partial charge on any atom is 0.199 e. The fourth-order valence-electron chi connectivity index (χ4n) is 4.77. The van der Waals surface area contributed by atoms with E-state index in [0.29, 0.717) is 17.0 Å². The summed E-state index contributed by atoms with van der Waals surface area (Å²) in [6.45, 7) is 5.45. The molecule has 0 bridgehead atoms. The second-order valence-corrected chi connectivity index (χ2v) is 10.1. The van der Waals surface area contributed by atoms with E-state index in [-0.39, 0.29) is 0 Å². The van der Waals surface area contributed by atoms with Gasteiger partial charge < -0.3 is 14.3 Å². The SMILES string of the molecule is Cc1ncoc1-c1nnc(SCCCN2CCC3(CCc4cc(Br)ccc43)C2)[nH]1. The molecule has 0 radical (unpaired) electrons. The molecule has 3 aromatic rings. The van der Waals surface area contributed by atoms with Gasteiger partial charge in [0.05, 0.1) is 5.69 Å². The van der Waals surface area contributed by atoms with Crippen molar-refractivity contribution in [3.63, 3.8) is 0 Å². The number of aromatic nitrogens is 4. The second kappa shape index (κ2) is 7.89. The molecule has 6 nitrogen and oxygen atoms in total. The Labute approximate surface area is 183 Å². The van der Waals surface area contributed by atoms with Gasteiger partial charge in [-0.1, -0.05) is 33.8 Å². The van der Waals surface area contributed by atoms with E-state index in [9.17, 15) is 0 Å². The number of hydrogen-bond donors (Lipinski definition) is 1. The van der Waals surface area contributed by atoms with Crippen molar-refractivity contribution < 1.29 is 4.42 Å². The van der Waals surface area contributed by atoms with Gasteiger partial charge in [-0.15, -0.1) is 10.2 Å². The van der Waals surface area contributed by atoms with Crippen molar-refractivity contribution in [1.29, 1.82) is 0 Å². The second-order valence-electron chi connectivity index (χ2n) is 8.06. The van der Waals surface area contributed by atoms with Crippen LogP contribution in [0.3, 0.4) is 0 Å². The first-order chi connectivity index (χ1) is 14.1. The summed E-state index contributed by atoms with van der Waals surface area (Å²) < 4.78 is 6.57. The van der Waals surface area contributed by atoms with Crippen molar-refractivity contribution in [3.8, 4) is 11.6 Å². The summed E-state index contributed by atoms with van der Waals surface area (Å²) in [6.07, 6.45) is 6.38. The standard InChI is InChI=1S/C21H24BrN5OS/c1-14-18(28-13-23-14)19-24-20(26-25-19)29-10-2-8-27-9-7-21(12-27)6-5-15-11-16(22)3-4-17(15)21/h3-4,11,13H,2,5-10,12H2,1H3,(H,24,25,26). The van der Waals surface area contributed by atoms with Crippen LogP contribution in [0.1, 0.15) is 36.1 Å². The number of oxazole rings is 1. The summed E-state index contributed by atoms with van der Waals surface area (Å²) in [6, 6.07) is 6.87. The number of rotatable bonds is 6. The van der Waals surface area contributed by atoms with Gasteiger partial charge in [-0.2, -0.15) is 0 Å². The summed E-state index contributed by atoms with van der Waals surface area (Å²) >= 11 is 5.34. The van der Waals surface area contributed by atoms with Crippen LogP contribution in [0.25, 0.3) is 11.6 Å². The number of likely N-dealkylation sites (tertiary alicyclic amines) is 1. The molecule has 1 aromatic carbocycles. The van der Waals surface area contributed by atoms with Gasteiger partial charge in [-0.25, -0.2) is 4.98 Å². The quantitative estimate of drug-likeness (QED) is 0.416. The molecule has 1 spiro atoms. The van der Waals surface area contributed by atoms with E-state index in [1.807, 2.05) is 6.92 Å². The fraction of sp³-hybridized carbons (Fsp3) is 0.476. The Morgan fingerprint density at radius 2 is 2.24 bits per heavy atom. The first-order valence-electron chi connectivity index (χ1n) is 10.1. The first-order valence-corrected chi connectivity index (χ1v) is 11.9. The topological polar surface area (TPSA) is 70.8 Å². The lowest BCUT2D eigenvalue weighted by Crippen LogP contribution is -2.29. The zero-order valence-electron chi connectivity index (χ0n) is 16.4.